The molecule has 0 aliphatic carbocycles. The van der Waals surface area contributed by atoms with Crippen molar-refractivity contribution >= 4 is 27.1 Å². The summed E-state index contributed by atoms with van der Waals surface area (Å²) in [6.45, 7) is 2.92. The van der Waals surface area contributed by atoms with Gasteiger partial charge in [0.05, 0.1) is 5.75 Å². The van der Waals surface area contributed by atoms with E-state index in [0.29, 0.717) is 42.3 Å². The molecule has 3 N–H and O–H groups in total. The molecule has 1 aliphatic rings. The van der Waals surface area contributed by atoms with E-state index in [9.17, 15) is 8.42 Å². The SMILES string of the molecule is CCCS(=O)(=O)N1CCCC(Nc2ncccc2-c2cnc3[nH+]c[nH]c3n2)C1. The average Bonchev–Trinajstić information content (AvgIpc) is 3.16. The van der Waals surface area contributed by atoms with Gasteiger partial charge in [-0.05, 0) is 31.4 Å². The normalized spacial score (nSPS) is 18.4. The molecule has 3 aromatic rings. The topological polar surface area (TPSA) is 118 Å². The number of hydrogen-bond acceptors (Lipinski definition) is 6. The Labute approximate surface area is 163 Å². The molecule has 0 bridgehead atoms. The molecule has 9 nitrogen and oxygen atoms in total. The molecule has 4 heterocycles. The molecule has 1 aliphatic heterocycles. The minimum atomic E-state index is -3.20. The summed E-state index contributed by atoms with van der Waals surface area (Å²) in [4.78, 5) is 19.5. The molecule has 1 atom stereocenters. The van der Waals surface area contributed by atoms with Crippen LogP contribution in [0.5, 0.6) is 0 Å². The summed E-state index contributed by atoms with van der Waals surface area (Å²) in [5, 5.41) is 3.43. The lowest BCUT2D eigenvalue weighted by Crippen LogP contribution is -2.46. The van der Waals surface area contributed by atoms with Crippen molar-refractivity contribution in [2.75, 3.05) is 24.2 Å². The highest BCUT2D eigenvalue weighted by atomic mass is 32.2. The Hall–Kier alpha value is -2.59. The summed E-state index contributed by atoms with van der Waals surface area (Å²) < 4.78 is 26.5. The van der Waals surface area contributed by atoms with Crippen molar-refractivity contribution in [3.8, 4) is 11.3 Å². The maximum atomic E-state index is 12.4. The Morgan fingerprint density at radius 2 is 2.29 bits per heavy atom. The van der Waals surface area contributed by atoms with Gasteiger partial charge in [-0.1, -0.05) is 6.92 Å². The maximum Gasteiger partial charge on any atom is 0.319 e. The summed E-state index contributed by atoms with van der Waals surface area (Å²) in [5.74, 6) is 0.878. The lowest BCUT2D eigenvalue weighted by Gasteiger charge is -2.32. The molecule has 0 amide bonds. The van der Waals surface area contributed by atoms with Crippen LogP contribution in [0, 0.1) is 0 Å². The fraction of sp³-hybridized carbons (Fsp3) is 0.444. The van der Waals surface area contributed by atoms with Crippen LogP contribution >= 0.6 is 0 Å². The Morgan fingerprint density at radius 3 is 3.14 bits per heavy atom. The molecule has 3 aromatic heterocycles. The molecule has 0 spiro atoms. The number of H-pyrrole nitrogens is 2. The smallest absolute Gasteiger partial charge is 0.319 e. The van der Waals surface area contributed by atoms with Gasteiger partial charge in [0.1, 0.15) is 17.7 Å². The van der Waals surface area contributed by atoms with Gasteiger partial charge in [0, 0.05) is 30.9 Å². The molecule has 1 unspecified atom stereocenters. The van der Waals surface area contributed by atoms with Crippen LogP contribution in [-0.2, 0) is 10.0 Å². The first kappa shape index (κ1) is 18.8. The van der Waals surface area contributed by atoms with Gasteiger partial charge in [-0.2, -0.15) is 4.31 Å². The maximum absolute atomic E-state index is 12.4. The minimum absolute atomic E-state index is 0.00421. The van der Waals surface area contributed by atoms with E-state index in [0.717, 1.165) is 18.4 Å². The van der Waals surface area contributed by atoms with Crippen molar-refractivity contribution in [3.63, 3.8) is 0 Å². The third-order valence-electron chi connectivity index (χ3n) is 4.85. The van der Waals surface area contributed by atoms with Gasteiger partial charge >= 0.3 is 5.65 Å². The highest BCUT2D eigenvalue weighted by molar-refractivity contribution is 7.89. The molecule has 1 fully saturated rings. The predicted molar refractivity (Wildman–Crippen MR) is 106 cm³/mol. The number of rotatable bonds is 6. The van der Waals surface area contributed by atoms with Crippen molar-refractivity contribution in [2.45, 2.75) is 32.2 Å². The number of fused-ring (bicyclic) bond motifs is 1. The Bertz CT molecular complexity index is 1070. The highest BCUT2D eigenvalue weighted by Gasteiger charge is 2.29. The third kappa shape index (κ3) is 3.83. The first-order chi connectivity index (χ1) is 13.6. The van der Waals surface area contributed by atoms with Crippen LogP contribution in [0.2, 0.25) is 0 Å². The molecule has 0 radical (unpaired) electrons. The summed E-state index contributed by atoms with van der Waals surface area (Å²) in [7, 11) is -3.20. The lowest BCUT2D eigenvalue weighted by atomic mass is 10.1. The fourth-order valence-corrected chi connectivity index (χ4v) is 5.11. The number of nitrogens with zero attached hydrogens (tertiary/aromatic N) is 4. The van der Waals surface area contributed by atoms with Gasteiger partial charge in [-0.3, -0.25) is 4.98 Å². The van der Waals surface area contributed by atoms with Crippen molar-refractivity contribution in [2.24, 2.45) is 0 Å². The largest absolute Gasteiger partial charge is 0.365 e. The second kappa shape index (κ2) is 7.80. The van der Waals surface area contributed by atoms with E-state index in [4.69, 9.17) is 0 Å². The molecule has 0 aromatic carbocycles. The van der Waals surface area contributed by atoms with Gasteiger partial charge in [-0.15, -0.1) is 4.98 Å². The van der Waals surface area contributed by atoms with Gasteiger partial charge in [0.2, 0.25) is 10.0 Å². The third-order valence-corrected chi connectivity index (χ3v) is 6.90. The molecule has 28 heavy (non-hydrogen) atoms. The number of nitrogens with one attached hydrogen (secondary N) is 3. The number of imidazole rings is 1. The van der Waals surface area contributed by atoms with Crippen molar-refractivity contribution < 1.29 is 13.4 Å². The second-order valence-electron chi connectivity index (χ2n) is 6.94. The quantitative estimate of drug-likeness (QED) is 0.644. The van der Waals surface area contributed by atoms with E-state index in [1.165, 1.54) is 0 Å². The van der Waals surface area contributed by atoms with E-state index in [1.54, 1.807) is 23.0 Å². The molecular weight excluding hydrogens is 378 g/mol. The Balaban J connectivity index is 1.57. The minimum Gasteiger partial charge on any atom is -0.365 e. The van der Waals surface area contributed by atoms with E-state index in [-0.39, 0.29) is 11.8 Å². The number of piperidine rings is 1. The number of pyridine rings is 1. The molecule has 10 heteroatoms. The zero-order valence-corrected chi connectivity index (χ0v) is 16.5. The first-order valence-corrected chi connectivity index (χ1v) is 11.1. The summed E-state index contributed by atoms with van der Waals surface area (Å²) in [6, 6.07) is 3.79. The molecule has 148 valence electrons. The number of hydrogen-bond donors (Lipinski definition) is 2. The lowest BCUT2D eigenvalue weighted by molar-refractivity contribution is -0.347. The van der Waals surface area contributed by atoms with Crippen molar-refractivity contribution in [3.05, 3.63) is 30.9 Å². The van der Waals surface area contributed by atoms with Crippen molar-refractivity contribution in [1.29, 1.82) is 0 Å². The van der Waals surface area contributed by atoms with Gasteiger partial charge in [0.25, 0.3) is 5.65 Å². The van der Waals surface area contributed by atoms with Crippen LogP contribution in [-0.4, -0.2) is 57.5 Å². The fourth-order valence-electron chi connectivity index (χ4n) is 3.52. The van der Waals surface area contributed by atoms with Crippen molar-refractivity contribution in [1.82, 2.24) is 24.2 Å². The summed E-state index contributed by atoms with van der Waals surface area (Å²) in [5.41, 5.74) is 2.89. The van der Waals surface area contributed by atoms with E-state index < -0.39 is 10.0 Å². The van der Waals surface area contributed by atoms with E-state index >= 15 is 0 Å². The van der Waals surface area contributed by atoms with Crippen LogP contribution in [0.15, 0.2) is 30.9 Å². The number of sulfonamides is 1. The zero-order valence-electron chi connectivity index (χ0n) is 15.7. The molecule has 4 rings (SSSR count). The first-order valence-electron chi connectivity index (χ1n) is 9.48. The molecule has 1 saturated heterocycles. The molecule has 0 saturated carbocycles. The Morgan fingerprint density at radius 1 is 1.39 bits per heavy atom. The van der Waals surface area contributed by atoms with E-state index in [1.807, 2.05) is 19.1 Å². The average molecular weight is 403 g/mol. The van der Waals surface area contributed by atoms with Crippen LogP contribution in [0.1, 0.15) is 26.2 Å². The van der Waals surface area contributed by atoms with E-state index in [2.05, 4.69) is 30.2 Å². The van der Waals surface area contributed by atoms with Crippen LogP contribution in [0.3, 0.4) is 0 Å². The number of anilines is 1. The zero-order chi connectivity index (χ0) is 19.6. The van der Waals surface area contributed by atoms with Crippen LogP contribution < -0.4 is 10.3 Å². The van der Waals surface area contributed by atoms with Gasteiger partial charge < -0.3 is 5.32 Å². The van der Waals surface area contributed by atoms with Crippen LogP contribution in [0.4, 0.5) is 5.82 Å². The van der Waals surface area contributed by atoms with Gasteiger partial charge in [0.15, 0.2) is 6.33 Å². The summed E-state index contributed by atoms with van der Waals surface area (Å²) in [6.07, 6.45) is 7.45. The van der Waals surface area contributed by atoms with Gasteiger partial charge in [-0.25, -0.2) is 23.4 Å². The van der Waals surface area contributed by atoms with Crippen LogP contribution in [0.25, 0.3) is 22.6 Å². The standard InChI is InChI=1S/C18H23N7O2S/c1-2-9-28(26,27)25-8-4-5-13(11-25)23-16-14(6-3-7-19-16)15-10-20-17-18(24-15)22-12-21-17/h3,6-7,10,12-13H,2,4-5,8-9,11H2,1H3,(H,19,23)(H,20,21,22,24)/p+1. The monoisotopic (exact) mass is 402 g/mol. The summed E-state index contributed by atoms with van der Waals surface area (Å²) >= 11 is 0. The highest BCUT2D eigenvalue weighted by Crippen LogP contribution is 2.26. The second-order valence-corrected chi connectivity index (χ2v) is 9.03. The number of aromatic nitrogens is 5. The Kier molecular flexibility index (Phi) is 5.23. The molecular formula is C18H24N7O2S+. The predicted octanol–water partition coefficient (Wildman–Crippen LogP) is 1.45. The number of aromatic amines is 2.